The van der Waals surface area contributed by atoms with E-state index in [9.17, 15) is 9.59 Å². The van der Waals surface area contributed by atoms with Crippen molar-refractivity contribution in [2.45, 2.75) is 32.3 Å². The number of rotatable bonds is 2. The van der Waals surface area contributed by atoms with Gasteiger partial charge in [-0.1, -0.05) is 0 Å². The zero-order valence-electron chi connectivity index (χ0n) is 14.9. The summed E-state index contributed by atoms with van der Waals surface area (Å²) in [5.74, 6) is -0.160. The molecule has 138 valence electrons. The molecule has 0 aliphatic carbocycles. The Morgan fingerprint density at radius 2 is 1.92 bits per heavy atom. The van der Waals surface area contributed by atoms with Gasteiger partial charge >= 0.3 is 0 Å². The predicted molar refractivity (Wildman–Crippen MR) is 93.8 cm³/mol. The Balaban J connectivity index is 1.49. The van der Waals surface area contributed by atoms with Crippen molar-refractivity contribution in [3.63, 3.8) is 0 Å². The topological polar surface area (TPSA) is 80.0 Å². The van der Waals surface area contributed by atoms with Gasteiger partial charge in [0, 0.05) is 32.0 Å². The van der Waals surface area contributed by atoms with Crippen LogP contribution in [0.25, 0.3) is 5.65 Å². The summed E-state index contributed by atoms with van der Waals surface area (Å²) in [6.07, 6.45) is 7.75. The Bertz CT molecular complexity index is 827. The van der Waals surface area contributed by atoms with Crippen LogP contribution in [-0.2, 0) is 9.53 Å². The molecule has 0 unspecified atom stereocenters. The molecule has 2 amide bonds. The van der Waals surface area contributed by atoms with E-state index in [-0.39, 0.29) is 18.4 Å². The van der Waals surface area contributed by atoms with Crippen molar-refractivity contribution in [1.82, 2.24) is 24.4 Å². The number of fused-ring (bicyclic) bond motifs is 1. The number of hydrogen-bond acceptors (Lipinski definition) is 5. The van der Waals surface area contributed by atoms with Crippen LogP contribution >= 0.6 is 0 Å². The van der Waals surface area contributed by atoms with Gasteiger partial charge in [-0.3, -0.25) is 9.59 Å². The fourth-order valence-corrected chi connectivity index (χ4v) is 3.59. The first-order chi connectivity index (χ1) is 12.6. The second-order valence-corrected chi connectivity index (χ2v) is 6.95. The Kier molecular flexibility index (Phi) is 4.58. The molecule has 8 nitrogen and oxygen atoms in total. The van der Waals surface area contributed by atoms with E-state index < -0.39 is 6.10 Å². The van der Waals surface area contributed by atoms with E-state index in [4.69, 9.17) is 4.74 Å². The van der Waals surface area contributed by atoms with Gasteiger partial charge in [-0.2, -0.15) is 5.10 Å². The summed E-state index contributed by atoms with van der Waals surface area (Å²) >= 11 is 0. The minimum atomic E-state index is -0.581. The molecule has 4 rings (SSSR count). The highest BCUT2D eigenvalue weighted by atomic mass is 16.5. The molecule has 2 aromatic heterocycles. The lowest BCUT2D eigenvalue weighted by Crippen LogP contribution is -2.53. The van der Waals surface area contributed by atoms with Crippen LogP contribution < -0.4 is 0 Å². The minimum absolute atomic E-state index is 0.00388. The lowest BCUT2D eigenvalue weighted by molar-refractivity contribution is -0.149. The maximum Gasteiger partial charge on any atom is 0.259 e. The number of piperidine rings is 1. The van der Waals surface area contributed by atoms with Gasteiger partial charge in [-0.25, -0.2) is 9.50 Å². The Morgan fingerprint density at radius 1 is 1.12 bits per heavy atom. The average molecular weight is 357 g/mol. The summed E-state index contributed by atoms with van der Waals surface area (Å²) in [5.41, 5.74) is 1.96. The number of amides is 2. The first-order valence-corrected chi connectivity index (χ1v) is 9.13. The molecule has 2 aliphatic heterocycles. The molecule has 26 heavy (non-hydrogen) atoms. The Hall–Kier alpha value is -2.48. The van der Waals surface area contributed by atoms with Crippen LogP contribution in [0.3, 0.4) is 0 Å². The lowest BCUT2D eigenvalue weighted by Gasteiger charge is -2.36. The van der Waals surface area contributed by atoms with Crippen LogP contribution in [0.2, 0.25) is 0 Å². The zero-order chi connectivity index (χ0) is 18.1. The van der Waals surface area contributed by atoms with Gasteiger partial charge in [-0.05, 0) is 31.7 Å². The molecule has 0 bridgehead atoms. The van der Waals surface area contributed by atoms with E-state index in [0.717, 1.165) is 31.5 Å². The maximum absolute atomic E-state index is 13.0. The fourth-order valence-electron chi connectivity index (χ4n) is 3.59. The van der Waals surface area contributed by atoms with Crippen LogP contribution in [0.15, 0.2) is 18.6 Å². The van der Waals surface area contributed by atoms with Crippen LogP contribution in [0.1, 0.15) is 35.2 Å². The van der Waals surface area contributed by atoms with Gasteiger partial charge in [0.25, 0.3) is 11.8 Å². The number of carbonyl (C=O) groups is 2. The van der Waals surface area contributed by atoms with Gasteiger partial charge in [0.15, 0.2) is 11.8 Å². The lowest BCUT2D eigenvalue weighted by atomic mass is 10.1. The highest BCUT2D eigenvalue weighted by Gasteiger charge is 2.33. The van der Waals surface area contributed by atoms with Crippen molar-refractivity contribution in [2.75, 3.05) is 32.8 Å². The first kappa shape index (κ1) is 17.0. The average Bonchev–Trinajstić information content (AvgIpc) is 3.10. The van der Waals surface area contributed by atoms with Gasteiger partial charge < -0.3 is 14.5 Å². The number of morpholine rings is 1. The van der Waals surface area contributed by atoms with Crippen LogP contribution in [-0.4, -0.2) is 75.1 Å². The molecule has 0 saturated carbocycles. The standard InChI is InChI=1S/C18H23N5O3/c1-13-9-19-16-14(10-20-23(16)11-13)17(24)22-7-8-26-15(12-22)18(25)21-5-3-2-4-6-21/h9-11,15H,2-8,12H2,1H3/t15-/m1/s1. The third-order valence-corrected chi connectivity index (χ3v) is 5.01. The van der Waals surface area contributed by atoms with Gasteiger partial charge in [-0.15, -0.1) is 0 Å². The number of hydrogen-bond donors (Lipinski definition) is 0. The van der Waals surface area contributed by atoms with E-state index >= 15 is 0 Å². The molecule has 2 fully saturated rings. The third-order valence-electron chi connectivity index (χ3n) is 5.01. The second-order valence-electron chi connectivity index (χ2n) is 6.95. The van der Waals surface area contributed by atoms with Crippen molar-refractivity contribution < 1.29 is 14.3 Å². The highest BCUT2D eigenvalue weighted by molar-refractivity contribution is 6.00. The molecule has 0 aromatic carbocycles. The Morgan fingerprint density at radius 3 is 2.73 bits per heavy atom. The van der Waals surface area contributed by atoms with Crippen molar-refractivity contribution >= 4 is 17.5 Å². The molecule has 0 radical (unpaired) electrons. The second kappa shape index (κ2) is 7.03. The van der Waals surface area contributed by atoms with Crippen LogP contribution in [0, 0.1) is 6.92 Å². The van der Waals surface area contributed by atoms with Crippen molar-refractivity contribution in [1.29, 1.82) is 0 Å². The van der Waals surface area contributed by atoms with Crippen LogP contribution in [0.4, 0.5) is 0 Å². The largest absolute Gasteiger partial charge is 0.365 e. The van der Waals surface area contributed by atoms with Gasteiger partial charge in [0.1, 0.15) is 5.56 Å². The van der Waals surface area contributed by atoms with Crippen LogP contribution in [0.5, 0.6) is 0 Å². The molecule has 0 spiro atoms. The normalized spacial score (nSPS) is 21.2. The monoisotopic (exact) mass is 357 g/mol. The van der Waals surface area contributed by atoms with E-state index in [2.05, 4.69) is 10.1 Å². The molecule has 2 saturated heterocycles. The number of likely N-dealkylation sites (tertiary alicyclic amines) is 1. The molecule has 0 N–H and O–H groups in total. The van der Waals surface area contributed by atoms with Crippen molar-refractivity contribution in [3.05, 3.63) is 29.7 Å². The van der Waals surface area contributed by atoms with E-state index in [1.807, 2.05) is 18.0 Å². The summed E-state index contributed by atoms with van der Waals surface area (Å²) in [6.45, 7) is 4.59. The van der Waals surface area contributed by atoms with Crippen molar-refractivity contribution in [3.8, 4) is 0 Å². The number of carbonyl (C=O) groups excluding carboxylic acids is 2. The molecule has 2 aliphatic rings. The predicted octanol–water partition coefficient (Wildman–Crippen LogP) is 0.891. The third kappa shape index (κ3) is 3.16. The summed E-state index contributed by atoms with van der Waals surface area (Å²) in [5, 5.41) is 4.22. The molecule has 2 aromatic rings. The SMILES string of the molecule is Cc1cnc2c(C(=O)N3CCO[C@@H](C(=O)N4CCCCC4)C3)cnn2c1. The molecule has 4 heterocycles. The smallest absolute Gasteiger partial charge is 0.259 e. The van der Waals surface area contributed by atoms with Gasteiger partial charge in [0.05, 0.1) is 19.3 Å². The number of aromatic nitrogens is 3. The van der Waals surface area contributed by atoms with Gasteiger partial charge in [0.2, 0.25) is 0 Å². The fraction of sp³-hybridized carbons (Fsp3) is 0.556. The summed E-state index contributed by atoms with van der Waals surface area (Å²) < 4.78 is 7.28. The molecular formula is C18H23N5O3. The highest BCUT2D eigenvalue weighted by Crippen LogP contribution is 2.17. The number of ether oxygens (including phenoxy) is 1. The van der Waals surface area contributed by atoms with E-state index in [0.29, 0.717) is 24.4 Å². The van der Waals surface area contributed by atoms with E-state index in [1.54, 1.807) is 21.8 Å². The Labute approximate surface area is 151 Å². The quantitative estimate of drug-likeness (QED) is 0.797. The molecule has 1 atom stereocenters. The molecule has 8 heteroatoms. The maximum atomic E-state index is 13.0. The summed E-state index contributed by atoms with van der Waals surface area (Å²) in [6, 6.07) is 0. The summed E-state index contributed by atoms with van der Waals surface area (Å²) in [7, 11) is 0. The minimum Gasteiger partial charge on any atom is -0.365 e. The first-order valence-electron chi connectivity index (χ1n) is 9.13. The zero-order valence-corrected chi connectivity index (χ0v) is 14.9. The number of nitrogens with zero attached hydrogens (tertiary/aromatic N) is 5. The molecular weight excluding hydrogens is 334 g/mol. The summed E-state index contributed by atoms with van der Waals surface area (Å²) in [4.78, 5) is 33.5. The van der Waals surface area contributed by atoms with E-state index in [1.165, 1.54) is 6.42 Å². The van der Waals surface area contributed by atoms with Crippen molar-refractivity contribution in [2.24, 2.45) is 0 Å². The number of aryl methyl sites for hydroxylation is 1.